The van der Waals surface area contributed by atoms with Crippen LogP contribution in [-0.2, 0) is 5.75 Å². The van der Waals surface area contributed by atoms with E-state index in [1.54, 1.807) is 30.0 Å². The van der Waals surface area contributed by atoms with Crippen molar-refractivity contribution in [1.82, 2.24) is 10.2 Å². The van der Waals surface area contributed by atoms with Gasteiger partial charge in [0.05, 0.1) is 6.61 Å². The number of ether oxygens (including phenoxy) is 1. The van der Waals surface area contributed by atoms with Crippen molar-refractivity contribution in [3.63, 3.8) is 0 Å². The zero-order chi connectivity index (χ0) is 18.4. The van der Waals surface area contributed by atoms with Crippen molar-refractivity contribution in [2.75, 3.05) is 11.9 Å². The maximum atomic E-state index is 12.4. The molecule has 0 aliphatic carbocycles. The number of aromatic nitrogens is 2. The highest BCUT2D eigenvalue weighted by molar-refractivity contribution is 8.00. The minimum absolute atomic E-state index is 0.224. The normalized spacial score (nSPS) is 10.5. The van der Waals surface area contributed by atoms with Crippen molar-refractivity contribution in [3.8, 4) is 5.75 Å². The number of benzene rings is 2. The fourth-order valence-electron chi connectivity index (χ4n) is 2.21. The molecule has 7 heteroatoms. The highest BCUT2D eigenvalue weighted by atomic mass is 32.2. The minimum Gasteiger partial charge on any atom is -0.494 e. The highest BCUT2D eigenvalue weighted by Gasteiger charge is 2.11. The van der Waals surface area contributed by atoms with Crippen molar-refractivity contribution < 1.29 is 9.53 Å². The fourth-order valence-corrected chi connectivity index (χ4v) is 3.91. The molecule has 5 nitrogen and oxygen atoms in total. The predicted octanol–water partition coefficient (Wildman–Crippen LogP) is 4.79. The van der Waals surface area contributed by atoms with Crippen LogP contribution in [0.25, 0.3) is 0 Å². The molecule has 26 heavy (non-hydrogen) atoms. The Bertz CT molecular complexity index is 879. The third-order valence-corrected chi connectivity index (χ3v) is 5.56. The van der Waals surface area contributed by atoms with Gasteiger partial charge in [-0.1, -0.05) is 59.0 Å². The maximum Gasteiger partial charge on any atom is 0.257 e. The van der Waals surface area contributed by atoms with E-state index in [1.165, 1.54) is 22.5 Å². The molecule has 0 radical (unpaired) electrons. The van der Waals surface area contributed by atoms with E-state index in [0.717, 1.165) is 10.1 Å². The van der Waals surface area contributed by atoms with Gasteiger partial charge >= 0.3 is 0 Å². The number of carbonyl (C=O) groups excluding carboxylic acids is 1. The Balaban J connectivity index is 1.58. The average Bonchev–Trinajstić information content (AvgIpc) is 3.09. The minimum atomic E-state index is -0.224. The Morgan fingerprint density at radius 2 is 2.00 bits per heavy atom. The van der Waals surface area contributed by atoms with Crippen LogP contribution in [0.1, 0.15) is 28.4 Å². The second kappa shape index (κ2) is 8.82. The molecule has 0 fully saturated rings. The first kappa shape index (κ1) is 18.4. The number of thioether (sulfide) groups is 1. The molecule has 1 N–H and O–H groups in total. The molecule has 0 aliphatic heterocycles. The third kappa shape index (κ3) is 5.06. The second-order valence-electron chi connectivity index (χ2n) is 5.56. The summed E-state index contributed by atoms with van der Waals surface area (Å²) in [6.07, 6.45) is 0. The summed E-state index contributed by atoms with van der Waals surface area (Å²) in [4.78, 5) is 12.4. The van der Waals surface area contributed by atoms with Crippen LogP contribution < -0.4 is 10.1 Å². The standard InChI is InChI=1S/C19H19N3O2S2/c1-3-24-16-6-4-5-15(11-16)17(23)20-18-21-22-19(26-18)25-12-14-9-7-13(2)8-10-14/h4-11H,3,12H2,1-2H3,(H,20,21,23). The summed E-state index contributed by atoms with van der Waals surface area (Å²) in [7, 11) is 0. The quantitative estimate of drug-likeness (QED) is 0.468. The lowest BCUT2D eigenvalue weighted by Crippen LogP contribution is -2.11. The van der Waals surface area contributed by atoms with E-state index >= 15 is 0 Å². The van der Waals surface area contributed by atoms with Gasteiger partial charge in [0, 0.05) is 11.3 Å². The average molecular weight is 386 g/mol. The summed E-state index contributed by atoms with van der Waals surface area (Å²) in [6, 6.07) is 15.5. The molecule has 0 aliphatic rings. The number of aryl methyl sites for hydroxylation is 1. The molecule has 0 spiro atoms. The molecule has 2 aromatic carbocycles. The van der Waals surface area contributed by atoms with E-state index in [4.69, 9.17) is 4.74 Å². The Kier molecular flexibility index (Phi) is 6.25. The second-order valence-corrected chi connectivity index (χ2v) is 7.76. The van der Waals surface area contributed by atoms with Crippen LogP contribution in [0.2, 0.25) is 0 Å². The van der Waals surface area contributed by atoms with Crippen LogP contribution in [-0.4, -0.2) is 22.7 Å². The Morgan fingerprint density at radius 3 is 2.77 bits per heavy atom. The molecule has 0 unspecified atom stereocenters. The van der Waals surface area contributed by atoms with Crippen molar-refractivity contribution in [3.05, 3.63) is 65.2 Å². The molecular weight excluding hydrogens is 366 g/mol. The summed E-state index contributed by atoms with van der Waals surface area (Å²) >= 11 is 2.98. The number of anilines is 1. The van der Waals surface area contributed by atoms with Gasteiger partial charge < -0.3 is 4.74 Å². The van der Waals surface area contributed by atoms with E-state index in [9.17, 15) is 4.79 Å². The van der Waals surface area contributed by atoms with Gasteiger partial charge in [-0.15, -0.1) is 10.2 Å². The number of hydrogen-bond donors (Lipinski definition) is 1. The van der Waals surface area contributed by atoms with Crippen molar-refractivity contribution in [2.45, 2.75) is 23.9 Å². The molecule has 0 atom stereocenters. The summed E-state index contributed by atoms with van der Waals surface area (Å²) < 4.78 is 6.25. The van der Waals surface area contributed by atoms with Gasteiger partial charge in [0.25, 0.3) is 5.91 Å². The third-order valence-electron chi connectivity index (χ3n) is 3.52. The summed E-state index contributed by atoms with van der Waals surface area (Å²) in [5, 5.41) is 11.5. The topological polar surface area (TPSA) is 64.1 Å². The van der Waals surface area contributed by atoms with Gasteiger partial charge in [-0.2, -0.15) is 0 Å². The maximum absolute atomic E-state index is 12.4. The predicted molar refractivity (Wildman–Crippen MR) is 106 cm³/mol. The SMILES string of the molecule is CCOc1cccc(C(=O)Nc2nnc(SCc3ccc(C)cc3)s2)c1. The number of nitrogens with zero attached hydrogens (tertiary/aromatic N) is 2. The molecule has 1 amide bonds. The first-order chi connectivity index (χ1) is 12.6. The number of rotatable bonds is 7. The number of carbonyl (C=O) groups is 1. The Labute approximate surface area is 160 Å². The number of hydrogen-bond acceptors (Lipinski definition) is 6. The molecule has 1 heterocycles. The fraction of sp³-hybridized carbons (Fsp3) is 0.211. The van der Waals surface area contributed by atoms with Crippen LogP contribution in [0.4, 0.5) is 5.13 Å². The van der Waals surface area contributed by atoms with E-state index in [2.05, 4.69) is 46.7 Å². The van der Waals surface area contributed by atoms with Crippen LogP contribution in [0, 0.1) is 6.92 Å². The monoisotopic (exact) mass is 385 g/mol. The zero-order valence-corrected chi connectivity index (χ0v) is 16.2. The highest BCUT2D eigenvalue weighted by Crippen LogP contribution is 2.28. The first-order valence-corrected chi connectivity index (χ1v) is 10.0. The lowest BCUT2D eigenvalue weighted by Gasteiger charge is -2.05. The zero-order valence-electron chi connectivity index (χ0n) is 14.6. The van der Waals surface area contributed by atoms with Gasteiger partial charge in [-0.25, -0.2) is 0 Å². The van der Waals surface area contributed by atoms with Gasteiger partial charge in [0.1, 0.15) is 5.75 Å². The molecule has 0 saturated carbocycles. The Morgan fingerprint density at radius 1 is 1.19 bits per heavy atom. The molecule has 3 aromatic rings. The van der Waals surface area contributed by atoms with Gasteiger partial charge in [0.2, 0.25) is 5.13 Å². The van der Waals surface area contributed by atoms with Crippen molar-refractivity contribution >= 4 is 34.1 Å². The van der Waals surface area contributed by atoms with Crippen LogP contribution in [0.15, 0.2) is 52.9 Å². The summed E-state index contributed by atoms with van der Waals surface area (Å²) in [6.45, 7) is 4.54. The van der Waals surface area contributed by atoms with Crippen LogP contribution in [0.5, 0.6) is 5.75 Å². The van der Waals surface area contributed by atoms with Crippen molar-refractivity contribution in [1.29, 1.82) is 0 Å². The van der Waals surface area contributed by atoms with Gasteiger partial charge in [0.15, 0.2) is 4.34 Å². The largest absolute Gasteiger partial charge is 0.494 e. The first-order valence-electron chi connectivity index (χ1n) is 8.20. The van der Waals surface area contributed by atoms with Crippen molar-refractivity contribution in [2.24, 2.45) is 0 Å². The number of nitrogens with one attached hydrogen (secondary N) is 1. The lowest BCUT2D eigenvalue weighted by molar-refractivity contribution is 0.102. The number of amides is 1. The summed E-state index contributed by atoms with van der Waals surface area (Å²) in [5.74, 6) is 1.27. The smallest absolute Gasteiger partial charge is 0.257 e. The van der Waals surface area contributed by atoms with Gasteiger partial charge in [-0.05, 0) is 37.6 Å². The summed E-state index contributed by atoms with van der Waals surface area (Å²) in [5.41, 5.74) is 3.00. The van der Waals surface area contributed by atoms with E-state index < -0.39 is 0 Å². The van der Waals surface area contributed by atoms with E-state index in [1.807, 2.05) is 13.0 Å². The van der Waals surface area contributed by atoms with Gasteiger partial charge in [-0.3, -0.25) is 10.1 Å². The molecule has 0 bridgehead atoms. The molecule has 134 valence electrons. The van der Waals surface area contributed by atoms with Crippen LogP contribution in [0.3, 0.4) is 0 Å². The van der Waals surface area contributed by atoms with E-state index in [-0.39, 0.29) is 5.91 Å². The molecular formula is C19H19N3O2S2. The lowest BCUT2D eigenvalue weighted by atomic mass is 10.2. The van der Waals surface area contributed by atoms with E-state index in [0.29, 0.717) is 23.1 Å². The molecule has 3 rings (SSSR count). The van der Waals surface area contributed by atoms with Crippen LogP contribution >= 0.6 is 23.1 Å². The Hall–Kier alpha value is -2.38. The molecule has 1 aromatic heterocycles. The molecule has 0 saturated heterocycles.